The molecule has 0 saturated heterocycles. The molecular weight excluding hydrogens is 324 g/mol. The van der Waals surface area contributed by atoms with Crippen molar-refractivity contribution in [1.82, 2.24) is 9.97 Å². The Morgan fingerprint density at radius 3 is 2.62 bits per heavy atom. The highest BCUT2D eigenvalue weighted by Crippen LogP contribution is 2.31. The fourth-order valence-corrected chi connectivity index (χ4v) is 3.27. The third-order valence-corrected chi connectivity index (χ3v) is 4.66. The normalized spacial score (nSPS) is 12.8. The predicted molar refractivity (Wildman–Crippen MR) is 103 cm³/mol. The summed E-state index contributed by atoms with van der Waals surface area (Å²) in [7, 11) is 0. The molecule has 26 heavy (non-hydrogen) atoms. The van der Waals surface area contributed by atoms with E-state index in [1.54, 1.807) is 12.4 Å². The van der Waals surface area contributed by atoms with E-state index in [0.717, 1.165) is 29.9 Å². The van der Waals surface area contributed by atoms with E-state index in [4.69, 9.17) is 0 Å². The molecule has 0 unspecified atom stereocenters. The second-order valence-electron chi connectivity index (χ2n) is 6.57. The number of rotatable bonds is 3. The van der Waals surface area contributed by atoms with Crippen molar-refractivity contribution in [3.63, 3.8) is 0 Å². The zero-order valence-corrected chi connectivity index (χ0v) is 14.9. The van der Waals surface area contributed by atoms with Crippen molar-refractivity contribution in [2.75, 3.05) is 16.8 Å². The zero-order chi connectivity index (χ0) is 18.1. The molecule has 1 aromatic heterocycles. The molecule has 0 bridgehead atoms. The van der Waals surface area contributed by atoms with Crippen molar-refractivity contribution in [1.29, 1.82) is 0 Å². The van der Waals surface area contributed by atoms with Gasteiger partial charge in [0.05, 0.1) is 5.56 Å². The fraction of sp³-hybridized carbons (Fsp3) is 0.190. The Hall–Kier alpha value is -3.21. The first-order valence-electron chi connectivity index (χ1n) is 8.68. The lowest BCUT2D eigenvalue weighted by Gasteiger charge is -2.17. The molecule has 5 nitrogen and oxygen atoms in total. The number of carbonyl (C=O) groups is 1. The van der Waals surface area contributed by atoms with E-state index in [2.05, 4.69) is 32.3 Å². The summed E-state index contributed by atoms with van der Waals surface area (Å²) in [5.74, 6) is 0.420. The summed E-state index contributed by atoms with van der Waals surface area (Å²) in [5, 5.41) is 2.93. The van der Waals surface area contributed by atoms with Crippen LogP contribution in [0, 0.1) is 13.8 Å². The van der Waals surface area contributed by atoms with Crippen molar-refractivity contribution < 1.29 is 4.79 Å². The highest BCUT2D eigenvalue weighted by atomic mass is 16.1. The van der Waals surface area contributed by atoms with Gasteiger partial charge < -0.3 is 10.2 Å². The maximum absolute atomic E-state index is 12.5. The van der Waals surface area contributed by atoms with Crippen molar-refractivity contribution >= 4 is 23.2 Å². The Morgan fingerprint density at radius 1 is 1.08 bits per heavy atom. The summed E-state index contributed by atoms with van der Waals surface area (Å²) < 4.78 is 0. The van der Waals surface area contributed by atoms with Gasteiger partial charge in [-0.2, -0.15) is 0 Å². The lowest BCUT2D eigenvalue weighted by molar-refractivity contribution is 0.102. The van der Waals surface area contributed by atoms with Crippen LogP contribution in [0.2, 0.25) is 0 Å². The number of para-hydroxylation sites is 1. The molecule has 0 radical (unpaired) electrons. The van der Waals surface area contributed by atoms with Crippen LogP contribution in [0.15, 0.2) is 54.9 Å². The lowest BCUT2D eigenvalue weighted by atomic mass is 10.1. The maximum Gasteiger partial charge on any atom is 0.258 e. The molecular formula is C21H20N4O. The number of benzene rings is 2. The predicted octanol–water partition coefficient (Wildman–Crippen LogP) is 4.04. The van der Waals surface area contributed by atoms with Crippen LogP contribution in [0.25, 0.3) is 0 Å². The minimum atomic E-state index is -0.203. The van der Waals surface area contributed by atoms with Gasteiger partial charge in [-0.05, 0) is 43.5 Å². The van der Waals surface area contributed by atoms with Crippen LogP contribution in [0.3, 0.4) is 0 Å². The number of nitrogens with zero attached hydrogens (tertiary/aromatic N) is 3. The lowest BCUT2D eigenvalue weighted by Crippen LogP contribution is -2.18. The molecule has 3 aromatic rings. The molecule has 2 aromatic carbocycles. The van der Waals surface area contributed by atoms with E-state index >= 15 is 0 Å². The largest absolute Gasteiger partial charge is 0.322 e. The van der Waals surface area contributed by atoms with Gasteiger partial charge in [0.25, 0.3) is 5.91 Å². The van der Waals surface area contributed by atoms with Gasteiger partial charge in [-0.1, -0.05) is 35.9 Å². The second kappa shape index (κ2) is 6.59. The van der Waals surface area contributed by atoms with Gasteiger partial charge >= 0.3 is 0 Å². The summed E-state index contributed by atoms with van der Waals surface area (Å²) in [6.07, 6.45) is 4.15. The quantitative estimate of drug-likeness (QED) is 0.779. The third-order valence-electron chi connectivity index (χ3n) is 4.66. The molecule has 1 aliphatic heterocycles. The van der Waals surface area contributed by atoms with Crippen LogP contribution < -0.4 is 10.2 Å². The zero-order valence-electron chi connectivity index (χ0n) is 14.9. The topological polar surface area (TPSA) is 58.1 Å². The van der Waals surface area contributed by atoms with Crippen LogP contribution in [0.5, 0.6) is 0 Å². The molecule has 1 amide bonds. The van der Waals surface area contributed by atoms with Gasteiger partial charge in [0.2, 0.25) is 5.95 Å². The minimum absolute atomic E-state index is 0.203. The van der Waals surface area contributed by atoms with E-state index in [1.807, 2.05) is 44.2 Å². The van der Waals surface area contributed by atoms with Crippen LogP contribution in [0.4, 0.5) is 17.3 Å². The number of anilines is 3. The minimum Gasteiger partial charge on any atom is -0.322 e. The number of hydrogen-bond acceptors (Lipinski definition) is 4. The molecule has 0 saturated carbocycles. The Kier molecular flexibility index (Phi) is 4.13. The van der Waals surface area contributed by atoms with Gasteiger partial charge in [-0.3, -0.25) is 4.79 Å². The highest BCUT2D eigenvalue weighted by Gasteiger charge is 2.22. The average Bonchev–Trinajstić information content (AvgIpc) is 3.08. The number of aromatic nitrogens is 2. The standard InChI is InChI=1S/C21H20N4O/c1-14-7-8-18(15(2)11-14)24-20(26)17-12-22-21(23-13-17)25-10-9-16-5-3-4-6-19(16)25/h3-8,11-13H,9-10H2,1-2H3,(H,24,26). The van der Waals surface area contributed by atoms with Gasteiger partial charge in [0.15, 0.2) is 0 Å². The molecule has 0 atom stereocenters. The smallest absolute Gasteiger partial charge is 0.258 e. The number of aryl methyl sites for hydroxylation is 2. The van der Waals surface area contributed by atoms with Gasteiger partial charge in [0, 0.05) is 30.3 Å². The van der Waals surface area contributed by atoms with Crippen molar-refractivity contribution in [2.24, 2.45) is 0 Å². The molecule has 1 aliphatic rings. The Morgan fingerprint density at radius 2 is 1.85 bits per heavy atom. The molecule has 0 fully saturated rings. The van der Waals surface area contributed by atoms with E-state index in [1.165, 1.54) is 11.1 Å². The van der Waals surface area contributed by atoms with Crippen molar-refractivity contribution in [3.8, 4) is 0 Å². The second-order valence-corrected chi connectivity index (χ2v) is 6.57. The summed E-state index contributed by atoms with van der Waals surface area (Å²) >= 11 is 0. The third kappa shape index (κ3) is 3.04. The Balaban J connectivity index is 1.52. The monoisotopic (exact) mass is 344 g/mol. The SMILES string of the molecule is Cc1ccc(NC(=O)c2cnc(N3CCc4ccccc43)nc2)c(C)c1. The maximum atomic E-state index is 12.5. The number of amides is 1. The van der Waals surface area contributed by atoms with Crippen molar-refractivity contribution in [2.45, 2.75) is 20.3 Å². The number of carbonyl (C=O) groups excluding carboxylic acids is 1. The van der Waals surface area contributed by atoms with E-state index in [0.29, 0.717) is 11.5 Å². The van der Waals surface area contributed by atoms with Crippen LogP contribution in [0.1, 0.15) is 27.0 Å². The molecule has 4 rings (SSSR count). The first-order valence-corrected chi connectivity index (χ1v) is 8.68. The summed E-state index contributed by atoms with van der Waals surface area (Å²) in [6.45, 7) is 4.86. The fourth-order valence-electron chi connectivity index (χ4n) is 3.27. The van der Waals surface area contributed by atoms with Crippen LogP contribution in [-0.2, 0) is 6.42 Å². The number of hydrogen-bond donors (Lipinski definition) is 1. The first-order chi connectivity index (χ1) is 12.6. The van der Waals surface area contributed by atoms with Gasteiger partial charge in [0.1, 0.15) is 0 Å². The molecule has 0 aliphatic carbocycles. The van der Waals surface area contributed by atoms with Crippen molar-refractivity contribution in [3.05, 3.63) is 77.1 Å². The molecule has 0 spiro atoms. The van der Waals surface area contributed by atoms with Crippen LogP contribution in [-0.4, -0.2) is 22.4 Å². The van der Waals surface area contributed by atoms with E-state index < -0.39 is 0 Å². The van der Waals surface area contributed by atoms with E-state index in [9.17, 15) is 4.79 Å². The first kappa shape index (κ1) is 16.3. The van der Waals surface area contributed by atoms with Gasteiger partial charge in [-0.25, -0.2) is 9.97 Å². The highest BCUT2D eigenvalue weighted by molar-refractivity contribution is 6.04. The average molecular weight is 344 g/mol. The Labute approximate surface area is 152 Å². The summed E-state index contributed by atoms with van der Waals surface area (Å²) in [5.41, 5.74) is 5.88. The number of nitrogens with one attached hydrogen (secondary N) is 1. The Bertz CT molecular complexity index is 966. The molecule has 1 N–H and O–H groups in total. The van der Waals surface area contributed by atoms with Gasteiger partial charge in [-0.15, -0.1) is 0 Å². The molecule has 2 heterocycles. The van der Waals surface area contributed by atoms with E-state index in [-0.39, 0.29) is 5.91 Å². The molecule has 130 valence electrons. The molecule has 5 heteroatoms. The summed E-state index contributed by atoms with van der Waals surface area (Å²) in [4.78, 5) is 23.4. The summed E-state index contributed by atoms with van der Waals surface area (Å²) in [6, 6.07) is 14.2. The number of fused-ring (bicyclic) bond motifs is 1. The van der Waals surface area contributed by atoms with Crippen LogP contribution >= 0.6 is 0 Å².